The molecule has 0 bridgehead atoms. The summed E-state index contributed by atoms with van der Waals surface area (Å²) in [6, 6.07) is 4.21. The van der Waals surface area contributed by atoms with Crippen LogP contribution in [-0.4, -0.2) is 15.5 Å². The lowest BCUT2D eigenvalue weighted by atomic mass is 9.92. The number of hydrogen-bond acceptors (Lipinski definition) is 2. The third-order valence-corrected chi connectivity index (χ3v) is 4.82. The Hall–Kier alpha value is -1.88. The van der Waals surface area contributed by atoms with E-state index in [1.54, 1.807) is 18.3 Å². The summed E-state index contributed by atoms with van der Waals surface area (Å²) in [5.74, 6) is 0.435. The largest absolute Gasteiger partial charge is 0.349 e. The zero-order valence-corrected chi connectivity index (χ0v) is 14.6. The van der Waals surface area contributed by atoms with E-state index in [2.05, 4.69) is 14.9 Å². The van der Waals surface area contributed by atoms with Gasteiger partial charge in [-0.3, -0.25) is 4.79 Å². The second-order valence-corrected chi connectivity index (χ2v) is 7.06. The molecule has 2 unspecified atom stereocenters. The Labute approximate surface area is 146 Å². The van der Waals surface area contributed by atoms with E-state index in [9.17, 15) is 9.18 Å². The number of hydrogen-bond donors (Lipinski definition) is 1. The summed E-state index contributed by atoms with van der Waals surface area (Å²) >= 11 is 5.83. The molecule has 0 aliphatic carbocycles. The molecule has 2 aromatic rings. The van der Waals surface area contributed by atoms with E-state index in [1.807, 2.05) is 20.0 Å². The quantitative estimate of drug-likeness (QED) is 0.913. The van der Waals surface area contributed by atoms with Crippen molar-refractivity contribution in [3.8, 4) is 0 Å². The zero-order valence-electron chi connectivity index (χ0n) is 13.8. The molecule has 0 spiro atoms. The Balaban J connectivity index is 1.75. The van der Waals surface area contributed by atoms with Crippen LogP contribution in [0.15, 0.2) is 30.6 Å². The molecule has 1 aromatic carbocycles. The number of fused-ring (bicyclic) bond motifs is 1. The van der Waals surface area contributed by atoms with Crippen molar-refractivity contribution in [2.45, 2.75) is 39.3 Å². The molecule has 2 atom stereocenters. The first-order valence-corrected chi connectivity index (χ1v) is 8.59. The second-order valence-electron chi connectivity index (χ2n) is 6.62. The highest BCUT2D eigenvalue weighted by atomic mass is 35.5. The van der Waals surface area contributed by atoms with Gasteiger partial charge in [0.2, 0.25) is 5.91 Å². The summed E-state index contributed by atoms with van der Waals surface area (Å²) in [5, 5.41) is 3.38. The van der Waals surface area contributed by atoms with Crippen molar-refractivity contribution < 1.29 is 9.18 Å². The highest BCUT2D eigenvalue weighted by Gasteiger charge is 2.29. The number of carbonyl (C=O) groups excluding carboxylic acids is 1. The number of imidazole rings is 1. The number of halogens is 2. The van der Waals surface area contributed by atoms with Crippen LogP contribution in [0.2, 0.25) is 5.02 Å². The Morgan fingerprint density at radius 3 is 2.96 bits per heavy atom. The molecule has 1 aromatic heterocycles. The predicted molar refractivity (Wildman–Crippen MR) is 91.2 cm³/mol. The van der Waals surface area contributed by atoms with Crippen LogP contribution < -0.4 is 5.32 Å². The summed E-state index contributed by atoms with van der Waals surface area (Å²) in [4.78, 5) is 17.0. The number of nitrogens with zero attached hydrogens (tertiary/aromatic N) is 2. The monoisotopic (exact) mass is 349 g/mol. The minimum absolute atomic E-state index is 0.0442. The molecule has 3 rings (SSSR count). The van der Waals surface area contributed by atoms with Gasteiger partial charge in [0.25, 0.3) is 0 Å². The van der Waals surface area contributed by atoms with Gasteiger partial charge < -0.3 is 9.88 Å². The van der Waals surface area contributed by atoms with Crippen molar-refractivity contribution in [3.05, 3.63) is 52.8 Å². The van der Waals surface area contributed by atoms with Crippen LogP contribution in [0.3, 0.4) is 0 Å². The van der Waals surface area contributed by atoms with E-state index in [4.69, 9.17) is 11.6 Å². The minimum atomic E-state index is -0.388. The van der Waals surface area contributed by atoms with E-state index in [-0.39, 0.29) is 29.6 Å². The lowest BCUT2D eigenvalue weighted by Crippen LogP contribution is -2.39. The van der Waals surface area contributed by atoms with E-state index in [0.717, 1.165) is 18.8 Å². The number of rotatable bonds is 4. The fourth-order valence-electron chi connectivity index (χ4n) is 3.20. The molecule has 128 valence electrons. The average molecular weight is 350 g/mol. The number of amides is 1. The maximum atomic E-state index is 14.3. The van der Waals surface area contributed by atoms with Gasteiger partial charge in [-0.1, -0.05) is 31.5 Å². The van der Waals surface area contributed by atoms with Crippen LogP contribution in [0.5, 0.6) is 0 Å². The Morgan fingerprint density at radius 1 is 1.46 bits per heavy atom. The van der Waals surface area contributed by atoms with Gasteiger partial charge in [0.1, 0.15) is 11.6 Å². The van der Waals surface area contributed by atoms with Crippen molar-refractivity contribution in [2.75, 3.05) is 0 Å². The summed E-state index contributed by atoms with van der Waals surface area (Å²) in [7, 11) is 0. The normalized spacial score (nSPS) is 18.3. The molecule has 0 fully saturated rings. The molecular formula is C18H21ClFN3O. The van der Waals surface area contributed by atoms with E-state index >= 15 is 0 Å². The van der Waals surface area contributed by atoms with Crippen molar-refractivity contribution in [1.82, 2.24) is 14.9 Å². The number of benzene rings is 1. The van der Waals surface area contributed by atoms with Crippen LogP contribution in [0.25, 0.3) is 0 Å². The predicted octanol–water partition coefficient (Wildman–Crippen LogP) is 3.75. The molecule has 1 amide bonds. The zero-order chi connectivity index (χ0) is 17.3. The fourth-order valence-corrected chi connectivity index (χ4v) is 3.36. The number of aromatic nitrogens is 2. The second kappa shape index (κ2) is 6.93. The molecule has 4 nitrogen and oxygen atoms in total. The fraction of sp³-hybridized carbons (Fsp3) is 0.444. The van der Waals surface area contributed by atoms with Gasteiger partial charge in [-0.15, -0.1) is 0 Å². The maximum Gasteiger partial charge on any atom is 0.224 e. The summed E-state index contributed by atoms with van der Waals surface area (Å²) in [6.45, 7) is 4.72. The van der Waals surface area contributed by atoms with E-state index in [1.165, 1.54) is 6.07 Å². The van der Waals surface area contributed by atoms with Gasteiger partial charge in [0, 0.05) is 41.9 Å². The van der Waals surface area contributed by atoms with Gasteiger partial charge >= 0.3 is 0 Å². The third kappa shape index (κ3) is 3.46. The molecular weight excluding hydrogens is 329 g/mol. The minimum Gasteiger partial charge on any atom is -0.349 e. The highest BCUT2D eigenvalue weighted by Crippen LogP contribution is 2.28. The Bertz CT molecular complexity index is 744. The first-order valence-electron chi connectivity index (χ1n) is 8.21. The molecule has 2 heterocycles. The summed E-state index contributed by atoms with van der Waals surface area (Å²) in [5.41, 5.74) is 0.472. The number of nitrogens with one attached hydrogen (secondary N) is 1. The van der Waals surface area contributed by atoms with Gasteiger partial charge in [-0.25, -0.2) is 9.37 Å². The molecule has 1 aliphatic heterocycles. The lowest BCUT2D eigenvalue weighted by molar-refractivity contribution is -0.126. The first kappa shape index (κ1) is 17.0. The maximum absolute atomic E-state index is 14.3. The van der Waals surface area contributed by atoms with Crippen molar-refractivity contribution in [1.29, 1.82) is 0 Å². The lowest BCUT2D eigenvalue weighted by Gasteiger charge is -2.28. The van der Waals surface area contributed by atoms with Gasteiger partial charge in [-0.2, -0.15) is 0 Å². The average Bonchev–Trinajstić information content (AvgIpc) is 3.00. The summed E-state index contributed by atoms with van der Waals surface area (Å²) < 4.78 is 16.3. The van der Waals surface area contributed by atoms with Crippen LogP contribution in [0.4, 0.5) is 4.39 Å². The van der Waals surface area contributed by atoms with Gasteiger partial charge in [-0.05, 0) is 24.5 Å². The van der Waals surface area contributed by atoms with Crippen molar-refractivity contribution in [3.63, 3.8) is 0 Å². The third-order valence-electron chi connectivity index (χ3n) is 4.58. The van der Waals surface area contributed by atoms with Crippen molar-refractivity contribution >= 4 is 17.5 Å². The Morgan fingerprint density at radius 2 is 2.25 bits per heavy atom. The van der Waals surface area contributed by atoms with Gasteiger partial charge in [0.05, 0.1) is 6.04 Å². The summed E-state index contributed by atoms with van der Waals surface area (Å²) in [6.07, 6.45) is 5.08. The molecule has 1 N–H and O–H groups in total. The standard InChI is InChI=1S/C18H21ClFN3O/c1-11(2)17(14-4-3-13(19)10-15(14)20)22-18(24)12-5-7-23-8-6-21-16(23)9-12/h3-4,6,8,10-12,17H,5,7,9H2,1-2H3,(H,22,24). The SMILES string of the molecule is CC(C)C(NC(=O)C1CCn2ccnc2C1)c1ccc(Cl)cc1F. The Kier molecular flexibility index (Phi) is 4.90. The number of aryl methyl sites for hydroxylation is 1. The van der Waals surface area contributed by atoms with Crippen LogP contribution in [-0.2, 0) is 17.8 Å². The first-order chi connectivity index (χ1) is 11.5. The molecule has 0 saturated carbocycles. The topological polar surface area (TPSA) is 46.9 Å². The van der Waals surface area contributed by atoms with Crippen LogP contribution in [0, 0.1) is 17.7 Å². The number of carbonyl (C=O) groups is 1. The van der Waals surface area contributed by atoms with Crippen molar-refractivity contribution in [2.24, 2.45) is 11.8 Å². The highest BCUT2D eigenvalue weighted by molar-refractivity contribution is 6.30. The van der Waals surface area contributed by atoms with E-state index < -0.39 is 0 Å². The smallest absolute Gasteiger partial charge is 0.224 e. The molecule has 0 saturated heterocycles. The van der Waals surface area contributed by atoms with Gasteiger partial charge in [0.15, 0.2) is 0 Å². The van der Waals surface area contributed by atoms with Crippen LogP contribution in [0.1, 0.15) is 37.7 Å². The molecule has 6 heteroatoms. The van der Waals surface area contributed by atoms with E-state index in [0.29, 0.717) is 17.0 Å². The molecule has 0 radical (unpaired) electrons. The molecule has 1 aliphatic rings. The van der Waals surface area contributed by atoms with Crippen LogP contribution >= 0.6 is 11.6 Å². The molecule has 24 heavy (non-hydrogen) atoms.